The molecule has 2 fully saturated rings. The van der Waals surface area contributed by atoms with E-state index >= 15 is 0 Å². The average Bonchev–Trinajstić information content (AvgIpc) is 3.15. The van der Waals surface area contributed by atoms with E-state index < -0.39 is 0 Å². The van der Waals surface area contributed by atoms with Crippen molar-refractivity contribution in [2.45, 2.75) is 37.4 Å². The highest BCUT2D eigenvalue weighted by Crippen LogP contribution is 2.29. The van der Waals surface area contributed by atoms with Crippen molar-refractivity contribution < 1.29 is 9.21 Å². The van der Waals surface area contributed by atoms with Crippen LogP contribution in [-0.2, 0) is 0 Å². The Kier molecular flexibility index (Phi) is 2.99. The Balaban J connectivity index is 1.56. The van der Waals surface area contributed by atoms with Gasteiger partial charge < -0.3 is 15.1 Å². The van der Waals surface area contributed by atoms with Crippen molar-refractivity contribution in [3.8, 4) is 0 Å². The number of carbonyl (C=O) groups is 1. The number of nitrogens with one attached hydrogen (secondary N) is 2. The third-order valence-electron chi connectivity index (χ3n) is 4.40. The smallest absolute Gasteiger partial charge is 0.251 e. The van der Waals surface area contributed by atoms with Crippen LogP contribution in [0.25, 0.3) is 11.0 Å². The largest absolute Gasteiger partial charge is 0.463 e. The summed E-state index contributed by atoms with van der Waals surface area (Å²) in [6.45, 7) is 0. The number of hydrogen-bond acceptors (Lipinski definition) is 3. The summed E-state index contributed by atoms with van der Waals surface area (Å²) >= 11 is 2.22. The molecule has 3 heterocycles. The first-order chi connectivity index (χ1) is 9.70. The van der Waals surface area contributed by atoms with Crippen LogP contribution in [-0.4, -0.2) is 24.0 Å². The van der Waals surface area contributed by atoms with Crippen LogP contribution in [0.4, 0.5) is 0 Å². The number of furan rings is 1. The first kappa shape index (κ1) is 12.6. The predicted molar refractivity (Wildman–Crippen MR) is 84.7 cm³/mol. The highest BCUT2D eigenvalue weighted by molar-refractivity contribution is 14.1. The molecule has 2 aliphatic rings. The highest BCUT2D eigenvalue weighted by Gasteiger charge is 2.39. The Morgan fingerprint density at radius 1 is 1.40 bits per heavy atom. The van der Waals surface area contributed by atoms with Gasteiger partial charge in [-0.3, -0.25) is 4.79 Å². The Morgan fingerprint density at radius 2 is 2.30 bits per heavy atom. The van der Waals surface area contributed by atoms with Gasteiger partial charge in [0.2, 0.25) is 0 Å². The monoisotopic (exact) mass is 382 g/mol. The predicted octanol–water partition coefficient (Wildman–Crippen LogP) is 2.66. The molecule has 0 spiro atoms. The standard InChI is InChI=1S/C15H15IN2O2/c16-11-7-20-14-4-1-8(5-10(11)14)15(19)18-13-6-9-2-3-12(13)17-9/h1,4-5,7,9,12-13,17H,2-3,6H2,(H,18,19)/t9-,12+,13-/m1/s1. The van der Waals surface area contributed by atoms with E-state index in [1.54, 1.807) is 6.26 Å². The van der Waals surface area contributed by atoms with Gasteiger partial charge in [-0.1, -0.05) is 0 Å². The molecule has 0 radical (unpaired) electrons. The lowest BCUT2D eigenvalue weighted by atomic mass is 9.95. The molecule has 0 saturated carbocycles. The van der Waals surface area contributed by atoms with Crippen LogP contribution in [0.3, 0.4) is 0 Å². The number of carbonyl (C=O) groups excluding carboxylic acids is 1. The number of rotatable bonds is 2. The summed E-state index contributed by atoms with van der Waals surface area (Å²) in [6.07, 6.45) is 5.19. The first-order valence-electron chi connectivity index (χ1n) is 6.94. The highest BCUT2D eigenvalue weighted by atomic mass is 127. The molecule has 1 amide bonds. The number of amides is 1. The molecule has 2 N–H and O–H groups in total. The van der Waals surface area contributed by atoms with Crippen LogP contribution in [0.2, 0.25) is 0 Å². The molecule has 1 aromatic carbocycles. The zero-order chi connectivity index (χ0) is 13.7. The van der Waals surface area contributed by atoms with Crippen molar-refractivity contribution in [2.24, 2.45) is 0 Å². The molecule has 2 aromatic rings. The Hall–Kier alpha value is -1.08. The molecule has 104 valence electrons. The Bertz CT molecular complexity index is 682. The summed E-state index contributed by atoms with van der Waals surface area (Å²) in [4.78, 5) is 12.4. The fraction of sp³-hybridized carbons (Fsp3) is 0.400. The number of hydrogen-bond donors (Lipinski definition) is 2. The molecular weight excluding hydrogens is 367 g/mol. The van der Waals surface area contributed by atoms with Crippen LogP contribution in [0.15, 0.2) is 28.9 Å². The third kappa shape index (κ3) is 2.03. The zero-order valence-electron chi connectivity index (χ0n) is 10.9. The maximum absolute atomic E-state index is 12.4. The SMILES string of the molecule is O=C(N[C@@H]1C[C@H]2CC[C@@H]1N2)c1ccc2occ(I)c2c1. The Morgan fingerprint density at radius 3 is 3.05 bits per heavy atom. The van der Waals surface area contributed by atoms with Crippen LogP contribution < -0.4 is 10.6 Å². The van der Waals surface area contributed by atoms with Gasteiger partial charge >= 0.3 is 0 Å². The van der Waals surface area contributed by atoms with Crippen molar-refractivity contribution in [3.63, 3.8) is 0 Å². The van der Waals surface area contributed by atoms with Gasteiger partial charge in [0.05, 0.1) is 3.57 Å². The van der Waals surface area contributed by atoms with E-state index in [0.29, 0.717) is 17.6 Å². The minimum Gasteiger partial charge on any atom is -0.463 e. The molecule has 0 unspecified atom stereocenters. The summed E-state index contributed by atoms with van der Waals surface area (Å²) in [5.74, 6) is 0.0169. The third-order valence-corrected chi connectivity index (χ3v) is 5.24. The van der Waals surface area contributed by atoms with Crippen molar-refractivity contribution in [3.05, 3.63) is 33.6 Å². The van der Waals surface area contributed by atoms with Gasteiger partial charge in [-0.05, 0) is 60.1 Å². The van der Waals surface area contributed by atoms with Gasteiger partial charge in [0.25, 0.3) is 5.91 Å². The Labute approximate surface area is 130 Å². The minimum absolute atomic E-state index is 0.0169. The summed E-state index contributed by atoms with van der Waals surface area (Å²) < 4.78 is 6.44. The molecule has 4 rings (SSSR count). The number of benzene rings is 1. The van der Waals surface area contributed by atoms with Gasteiger partial charge in [-0.25, -0.2) is 0 Å². The first-order valence-corrected chi connectivity index (χ1v) is 8.02. The van der Waals surface area contributed by atoms with Crippen LogP contribution in [0.5, 0.6) is 0 Å². The van der Waals surface area contributed by atoms with E-state index in [4.69, 9.17) is 4.42 Å². The summed E-state index contributed by atoms with van der Waals surface area (Å²) in [7, 11) is 0. The second-order valence-electron chi connectivity index (χ2n) is 5.66. The lowest BCUT2D eigenvalue weighted by Gasteiger charge is -2.21. The van der Waals surface area contributed by atoms with E-state index in [2.05, 4.69) is 33.2 Å². The average molecular weight is 382 g/mol. The van der Waals surface area contributed by atoms with E-state index in [9.17, 15) is 4.79 Å². The second-order valence-corrected chi connectivity index (χ2v) is 6.82. The van der Waals surface area contributed by atoms with Crippen molar-refractivity contribution >= 4 is 39.5 Å². The molecule has 2 saturated heterocycles. The zero-order valence-corrected chi connectivity index (χ0v) is 13.0. The summed E-state index contributed by atoms with van der Waals surface area (Å²) in [5, 5.41) is 7.71. The van der Waals surface area contributed by atoms with Gasteiger partial charge in [-0.15, -0.1) is 0 Å². The molecule has 3 atom stereocenters. The van der Waals surface area contributed by atoms with Crippen molar-refractivity contribution in [1.82, 2.24) is 10.6 Å². The van der Waals surface area contributed by atoms with Crippen molar-refractivity contribution in [2.75, 3.05) is 0 Å². The minimum atomic E-state index is 0.0169. The summed E-state index contributed by atoms with van der Waals surface area (Å²) in [5.41, 5.74) is 1.53. The molecule has 1 aromatic heterocycles. The van der Waals surface area contributed by atoms with Gasteiger partial charge in [0.15, 0.2) is 0 Å². The molecule has 2 bridgehead atoms. The lowest BCUT2D eigenvalue weighted by molar-refractivity contribution is 0.0931. The van der Waals surface area contributed by atoms with E-state index in [1.165, 1.54) is 12.8 Å². The van der Waals surface area contributed by atoms with Crippen LogP contribution in [0.1, 0.15) is 29.6 Å². The van der Waals surface area contributed by atoms with E-state index in [-0.39, 0.29) is 11.9 Å². The van der Waals surface area contributed by atoms with Gasteiger partial charge in [0.1, 0.15) is 11.8 Å². The van der Waals surface area contributed by atoms with Gasteiger partial charge in [-0.2, -0.15) is 0 Å². The second kappa shape index (κ2) is 4.73. The molecule has 0 aliphatic carbocycles. The fourth-order valence-electron chi connectivity index (χ4n) is 3.37. The molecular formula is C15H15IN2O2. The fourth-order valence-corrected chi connectivity index (χ4v) is 3.92. The molecule has 20 heavy (non-hydrogen) atoms. The topological polar surface area (TPSA) is 54.3 Å². The molecule has 2 aliphatic heterocycles. The van der Waals surface area contributed by atoms with Crippen LogP contribution >= 0.6 is 22.6 Å². The normalized spacial score (nSPS) is 28.1. The van der Waals surface area contributed by atoms with E-state index in [0.717, 1.165) is 21.0 Å². The summed E-state index contributed by atoms with van der Waals surface area (Å²) in [6, 6.07) is 6.95. The lowest BCUT2D eigenvalue weighted by Crippen LogP contribution is -2.42. The quantitative estimate of drug-likeness (QED) is 0.786. The maximum atomic E-state index is 12.4. The molecule has 5 heteroatoms. The van der Waals surface area contributed by atoms with E-state index in [1.807, 2.05) is 18.2 Å². The number of fused-ring (bicyclic) bond motifs is 3. The van der Waals surface area contributed by atoms with Gasteiger partial charge in [0, 0.05) is 29.1 Å². The van der Waals surface area contributed by atoms with Crippen molar-refractivity contribution in [1.29, 1.82) is 0 Å². The van der Waals surface area contributed by atoms with Crippen LogP contribution in [0, 0.1) is 3.57 Å². The molecule has 4 nitrogen and oxygen atoms in total. The number of halogens is 1. The maximum Gasteiger partial charge on any atom is 0.251 e.